The van der Waals surface area contributed by atoms with Crippen LogP contribution in [0.25, 0.3) is 0 Å². The second-order valence-electron chi connectivity index (χ2n) is 6.66. The van der Waals surface area contributed by atoms with Crippen molar-refractivity contribution in [2.45, 2.75) is 44.6 Å². The minimum atomic E-state index is 0.216. The van der Waals surface area contributed by atoms with Crippen molar-refractivity contribution in [3.05, 3.63) is 33.8 Å². The lowest BCUT2D eigenvalue weighted by molar-refractivity contribution is 0.0780. The van der Waals surface area contributed by atoms with Gasteiger partial charge in [-0.05, 0) is 61.9 Å². The highest BCUT2D eigenvalue weighted by Gasteiger charge is 2.38. The van der Waals surface area contributed by atoms with Crippen molar-refractivity contribution in [2.75, 3.05) is 19.6 Å². The fraction of sp³-hybridized carbons (Fsp3) is 0.647. The molecule has 1 saturated heterocycles. The summed E-state index contributed by atoms with van der Waals surface area (Å²) in [4.78, 5) is 2.51. The van der Waals surface area contributed by atoms with E-state index in [0.717, 1.165) is 23.7 Å². The van der Waals surface area contributed by atoms with Crippen molar-refractivity contribution in [3.63, 3.8) is 0 Å². The Kier molecular flexibility index (Phi) is 4.80. The molecule has 0 amide bonds. The van der Waals surface area contributed by atoms with Gasteiger partial charge in [0.25, 0.3) is 0 Å². The van der Waals surface area contributed by atoms with Gasteiger partial charge >= 0.3 is 0 Å². The van der Waals surface area contributed by atoms with Crippen LogP contribution in [0.1, 0.15) is 50.1 Å². The van der Waals surface area contributed by atoms with Crippen LogP contribution < -0.4 is 5.73 Å². The minimum absolute atomic E-state index is 0.216. The Morgan fingerprint density at radius 3 is 2.33 bits per heavy atom. The van der Waals surface area contributed by atoms with Crippen molar-refractivity contribution >= 4 is 23.2 Å². The monoisotopic (exact) mass is 326 g/mol. The number of nitrogens with zero attached hydrogens (tertiary/aromatic N) is 1. The predicted molar refractivity (Wildman–Crippen MR) is 90.0 cm³/mol. The van der Waals surface area contributed by atoms with E-state index >= 15 is 0 Å². The van der Waals surface area contributed by atoms with E-state index in [1.807, 2.05) is 18.2 Å². The molecule has 4 heteroatoms. The SMILES string of the molecule is NCC(c1ccc(Cl)cc1Cl)N1CCC2(CCCC2)CC1. The Morgan fingerprint density at radius 1 is 1.10 bits per heavy atom. The Balaban J connectivity index is 1.72. The summed E-state index contributed by atoms with van der Waals surface area (Å²) in [6, 6.07) is 5.98. The third-order valence-electron chi connectivity index (χ3n) is 5.51. The number of likely N-dealkylation sites (tertiary alicyclic amines) is 1. The van der Waals surface area contributed by atoms with Crippen molar-refractivity contribution in [1.29, 1.82) is 0 Å². The molecule has 2 aliphatic rings. The Bertz CT molecular complexity index is 488. The molecule has 2 N–H and O–H groups in total. The van der Waals surface area contributed by atoms with Crippen LogP contribution in [0.5, 0.6) is 0 Å². The van der Waals surface area contributed by atoms with Gasteiger partial charge in [0, 0.05) is 22.6 Å². The fourth-order valence-electron chi connectivity index (χ4n) is 4.18. The van der Waals surface area contributed by atoms with E-state index < -0.39 is 0 Å². The van der Waals surface area contributed by atoms with Gasteiger partial charge in [-0.3, -0.25) is 4.90 Å². The molecule has 1 heterocycles. The number of benzene rings is 1. The maximum atomic E-state index is 6.38. The number of hydrogen-bond acceptors (Lipinski definition) is 2. The maximum absolute atomic E-state index is 6.38. The lowest BCUT2D eigenvalue weighted by Crippen LogP contribution is -2.43. The van der Waals surface area contributed by atoms with Gasteiger partial charge in [-0.15, -0.1) is 0 Å². The van der Waals surface area contributed by atoms with Crippen LogP contribution >= 0.6 is 23.2 Å². The summed E-state index contributed by atoms with van der Waals surface area (Å²) in [5, 5.41) is 1.42. The zero-order valence-electron chi connectivity index (χ0n) is 12.5. The third kappa shape index (κ3) is 3.24. The Labute approximate surface area is 137 Å². The van der Waals surface area contributed by atoms with E-state index in [-0.39, 0.29) is 6.04 Å². The number of piperidine rings is 1. The number of rotatable bonds is 3. The maximum Gasteiger partial charge on any atom is 0.0485 e. The van der Waals surface area contributed by atoms with Crippen LogP contribution in [-0.2, 0) is 0 Å². The zero-order chi connectivity index (χ0) is 14.9. The lowest BCUT2D eigenvalue weighted by Gasteiger charge is -2.42. The van der Waals surface area contributed by atoms with Gasteiger partial charge in [-0.2, -0.15) is 0 Å². The van der Waals surface area contributed by atoms with E-state index in [4.69, 9.17) is 28.9 Å². The average molecular weight is 327 g/mol. The summed E-state index contributed by atoms with van der Waals surface area (Å²) in [5.41, 5.74) is 7.81. The zero-order valence-corrected chi connectivity index (χ0v) is 14.0. The largest absolute Gasteiger partial charge is 0.329 e. The number of halogens is 2. The summed E-state index contributed by atoms with van der Waals surface area (Å²) >= 11 is 12.4. The van der Waals surface area contributed by atoms with Gasteiger partial charge in [0.05, 0.1) is 0 Å². The van der Waals surface area contributed by atoms with Crippen LogP contribution in [0.4, 0.5) is 0 Å². The second-order valence-corrected chi connectivity index (χ2v) is 7.50. The molecule has 1 saturated carbocycles. The molecule has 1 atom stereocenters. The summed E-state index contributed by atoms with van der Waals surface area (Å²) < 4.78 is 0. The first-order valence-corrected chi connectivity index (χ1v) is 8.78. The molecular formula is C17H24Cl2N2. The third-order valence-corrected chi connectivity index (χ3v) is 6.07. The topological polar surface area (TPSA) is 29.3 Å². The van der Waals surface area contributed by atoms with Crippen molar-refractivity contribution in [3.8, 4) is 0 Å². The highest BCUT2D eigenvalue weighted by Crippen LogP contribution is 2.47. The first-order chi connectivity index (χ1) is 10.1. The lowest BCUT2D eigenvalue weighted by atomic mass is 9.76. The van der Waals surface area contributed by atoms with E-state index in [1.165, 1.54) is 38.5 Å². The molecule has 1 aliphatic heterocycles. The quantitative estimate of drug-likeness (QED) is 0.875. The van der Waals surface area contributed by atoms with E-state index in [0.29, 0.717) is 17.0 Å². The molecule has 0 radical (unpaired) electrons. The van der Waals surface area contributed by atoms with Crippen LogP contribution in [0.2, 0.25) is 10.0 Å². The Hall–Kier alpha value is -0.280. The van der Waals surface area contributed by atoms with Gasteiger partial charge in [-0.1, -0.05) is 42.1 Å². The van der Waals surface area contributed by atoms with Gasteiger partial charge in [0.1, 0.15) is 0 Å². The highest BCUT2D eigenvalue weighted by molar-refractivity contribution is 6.35. The summed E-state index contributed by atoms with van der Waals surface area (Å²) in [6.45, 7) is 2.88. The summed E-state index contributed by atoms with van der Waals surface area (Å²) in [5.74, 6) is 0. The van der Waals surface area contributed by atoms with Gasteiger partial charge in [0.2, 0.25) is 0 Å². The van der Waals surface area contributed by atoms with E-state index in [9.17, 15) is 0 Å². The second kappa shape index (κ2) is 6.45. The first-order valence-electron chi connectivity index (χ1n) is 8.03. The van der Waals surface area contributed by atoms with Crippen molar-refractivity contribution in [1.82, 2.24) is 4.90 Å². The molecule has 1 aromatic rings. The molecule has 21 heavy (non-hydrogen) atoms. The predicted octanol–water partition coefficient (Wildman–Crippen LogP) is 4.65. The molecule has 3 rings (SSSR count). The number of nitrogens with two attached hydrogens (primary N) is 1. The molecule has 1 spiro atoms. The van der Waals surface area contributed by atoms with Crippen LogP contribution in [-0.4, -0.2) is 24.5 Å². The minimum Gasteiger partial charge on any atom is -0.329 e. The molecule has 1 unspecified atom stereocenters. The summed E-state index contributed by atoms with van der Waals surface area (Å²) in [6.07, 6.45) is 8.32. The standard InChI is InChI=1S/C17H24Cl2N2/c18-13-3-4-14(15(19)11-13)16(12-20)21-9-7-17(8-10-21)5-1-2-6-17/h3-4,11,16H,1-2,5-10,12,20H2. The molecular weight excluding hydrogens is 303 g/mol. The van der Waals surface area contributed by atoms with Gasteiger partial charge in [-0.25, -0.2) is 0 Å². The molecule has 0 bridgehead atoms. The average Bonchev–Trinajstić information content (AvgIpc) is 2.92. The normalized spacial score (nSPS) is 23.6. The molecule has 1 aromatic carbocycles. The Morgan fingerprint density at radius 2 is 1.76 bits per heavy atom. The van der Waals surface area contributed by atoms with Gasteiger partial charge < -0.3 is 5.73 Å². The highest BCUT2D eigenvalue weighted by atomic mass is 35.5. The molecule has 116 valence electrons. The van der Waals surface area contributed by atoms with Crippen LogP contribution in [0.3, 0.4) is 0 Å². The molecule has 2 fully saturated rings. The van der Waals surface area contributed by atoms with E-state index in [2.05, 4.69) is 4.90 Å². The fourth-order valence-corrected chi connectivity index (χ4v) is 4.71. The van der Waals surface area contributed by atoms with Crippen molar-refractivity contribution in [2.24, 2.45) is 11.1 Å². The molecule has 0 aromatic heterocycles. The first kappa shape index (κ1) is 15.6. The molecule has 2 nitrogen and oxygen atoms in total. The van der Waals surface area contributed by atoms with Crippen molar-refractivity contribution < 1.29 is 0 Å². The summed E-state index contributed by atoms with van der Waals surface area (Å²) in [7, 11) is 0. The molecule has 1 aliphatic carbocycles. The van der Waals surface area contributed by atoms with E-state index in [1.54, 1.807) is 0 Å². The van der Waals surface area contributed by atoms with Gasteiger partial charge in [0.15, 0.2) is 0 Å². The number of hydrogen-bond donors (Lipinski definition) is 1. The smallest absolute Gasteiger partial charge is 0.0485 e. The van der Waals surface area contributed by atoms with Crippen LogP contribution in [0.15, 0.2) is 18.2 Å². The van der Waals surface area contributed by atoms with Crippen LogP contribution in [0, 0.1) is 5.41 Å².